The number of nitrogens with zero attached hydrogens (tertiary/aromatic N) is 2. The smallest absolute Gasteiger partial charge is 0.290 e. The van der Waals surface area contributed by atoms with Crippen molar-refractivity contribution in [3.63, 3.8) is 0 Å². The van der Waals surface area contributed by atoms with Crippen molar-refractivity contribution in [2.75, 3.05) is 25.4 Å². The zero-order chi connectivity index (χ0) is 20.1. The van der Waals surface area contributed by atoms with Gasteiger partial charge < -0.3 is 5.11 Å². The molecule has 3 heterocycles. The van der Waals surface area contributed by atoms with Gasteiger partial charge in [0.25, 0.3) is 6.47 Å². The molecule has 0 radical (unpaired) electrons. The number of hydrogen-bond acceptors (Lipinski definition) is 4. The van der Waals surface area contributed by atoms with Gasteiger partial charge >= 0.3 is 0 Å². The third-order valence-electron chi connectivity index (χ3n) is 6.55. The number of fused-ring (bicyclic) bond motifs is 4. The van der Waals surface area contributed by atoms with Gasteiger partial charge in [0, 0.05) is 31.7 Å². The van der Waals surface area contributed by atoms with Gasteiger partial charge in [-0.25, -0.2) is 12.7 Å². The topological polar surface area (TPSA) is 77.9 Å². The van der Waals surface area contributed by atoms with Gasteiger partial charge in [0.05, 0.1) is 5.75 Å². The highest BCUT2D eigenvalue weighted by molar-refractivity contribution is 7.89. The average molecular weight is 409 g/mol. The minimum Gasteiger partial charge on any atom is -0.483 e. The van der Waals surface area contributed by atoms with Crippen molar-refractivity contribution in [3.8, 4) is 0 Å². The first-order valence-electron chi connectivity index (χ1n) is 10.3. The largest absolute Gasteiger partial charge is 0.483 e. The second-order valence-corrected chi connectivity index (χ2v) is 10.5. The molecule has 4 atom stereocenters. The molecule has 156 valence electrons. The maximum absolute atomic E-state index is 12.4. The zero-order valence-corrected chi connectivity index (χ0v) is 17.4. The van der Waals surface area contributed by atoms with Crippen LogP contribution in [0.1, 0.15) is 38.2 Å². The number of carboxylic acid groups (broad SMARTS) is 1. The molecule has 3 aliphatic rings. The Morgan fingerprint density at radius 3 is 2.54 bits per heavy atom. The van der Waals surface area contributed by atoms with Gasteiger partial charge in [-0.15, -0.1) is 0 Å². The first kappa shape index (κ1) is 21.3. The summed E-state index contributed by atoms with van der Waals surface area (Å²) in [4.78, 5) is 11.1. The summed E-state index contributed by atoms with van der Waals surface area (Å²) in [5, 5.41) is 6.89. The molecule has 28 heavy (non-hydrogen) atoms. The molecular formula is C21H32N2O4S. The highest BCUT2D eigenvalue weighted by atomic mass is 32.2. The van der Waals surface area contributed by atoms with E-state index in [1.165, 1.54) is 31.2 Å². The van der Waals surface area contributed by atoms with E-state index in [2.05, 4.69) is 35.2 Å². The third kappa shape index (κ3) is 4.75. The Hall–Kier alpha value is -1.44. The second kappa shape index (κ2) is 9.37. The first-order chi connectivity index (χ1) is 13.5. The van der Waals surface area contributed by atoms with Crippen LogP contribution in [-0.4, -0.2) is 66.7 Å². The standard InChI is InChI=1S/C20H30N2O2S.CH2O2/c1-2-25(23,24)21-13-17-11-18(15-21)20-10-6-9-19(22(20)14-17)12-16-7-4-3-5-8-16;2-1-3/h3-5,7-8,17-20H,2,6,9-15H2,1H3;1H,(H,2,3)/t17-,18+,19+,20-;/m0./s1. The Labute approximate surface area is 168 Å². The van der Waals surface area contributed by atoms with Gasteiger partial charge in [0.1, 0.15) is 0 Å². The highest BCUT2D eigenvalue weighted by Gasteiger charge is 2.46. The van der Waals surface area contributed by atoms with E-state index in [4.69, 9.17) is 9.90 Å². The molecule has 0 aromatic heterocycles. The summed E-state index contributed by atoms with van der Waals surface area (Å²) in [5.41, 5.74) is 1.43. The maximum atomic E-state index is 12.4. The normalized spacial score (nSPS) is 30.6. The SMILES string of the molecule is CCS(=O)(=O)N1C[C@@H]2C[C@H](C1)[C@@H]1CCC[C@H](Cc3ccccc3)N1C2.O=CO. The number of benzene rings is 1. The fourth-order valence-electron chi connectivity index (χ4n) is 5.38. The van der Waals surface area contributed by atoms with Crippen LogP contribution in [0.15, 0.2) is 30.3 Å². The Bertz CT molecular complexity index is 740. The van der Waals surface area contributed by atoms with Crippen molar-refractivity contribution < 1.29 is 18.3 Å². The number of rotatable bonds is 4. The van der Waals surface area contributed by atoms with E-state index in [1.807, 2.05) is 0 Å². The molecule has 3 saturated heterocycles. The molecule has 1 aromatic rings. The Balaban J connectivity index is 0.000000706. The zero-order valence-electron chi connectivity index (χ0n) is 16.6. The van der Waals surface area contributed by atoms with Crippen LogP contribution in [0.2, 0.25) is 0 Å². The summed E-state index contributed by atoms with van der Waals surface area (Å²) in [6.45, 7) is 4.07. The van der Waals surface area contributed by atoms with Crippen molar-refractivity contribution in [2.24, 2.45) is 11.8 Å². The summed E-state index contributed by atoms with van der Waals surface area (Å²) in [7, 11) is -3.05. The van der Waals surface area contributed by atoms with Crippen molar-refractivity contribution in [2.45, 2.75) is 51.1 Å². The van der Waals surface area contributed by atoms with Crippen molar-refractivity contribution in [3.05, 3.63) is 35.9 Å². The van der Waals surface area contributed by atoms with Gasteiger partial charge in [0.15, 0.2) is 0 Å². The molecule has 3 fully saturated rings. The average Bonchev–Trinajstić information content (AvgIpc) is 2.70. The van der Waals surface area contributed by atoms with Crippen LogP contribution in [-0.2, 0) is 21.2 Å². The minimum absolute atomic E-state index is 0.234. The lowest BCUT2D eigenvalue weighted by molar-refractivity contribution is -0.122. The number of hydrogen-bond donors (Lipinski definition) is 1. The van der Waals surface area contributed by atoms with Crippen LogP contribution in [0.3, 0.4) is 0 Å². The molecule has 6 nitrogen and oxygen atoms in total. The Kier molecular flexibility index (Phi) is 7.12. The molecule has 0 amide bonds. The molecular weight excluding hydrogens is 376 g/mol. The fourth-order valence-corrected chi connectivity index (χ4v) is 6.60. The van der Waals surface area contributed by atoms with Gasteiger partial charge in [-0.1, -0.05) is 36.8 Å². The van der Waals surface area contributed by atoms with E-state index in [-0.39, 0.29) is 12.2 Å². The van der Waals surface area contributed by atoms with E-state index in [9.17, 15) is 8.42 Å². The molecule has 0 aliphatic carbocycles. The molecule has 7 heteroatoms. The first-order valence-corrected chi connectivity index (χ1v) is 11.9. The fraction of sp³-hybridized carbons (Fsp3) is 0.667. The number of carbonyl (C=O) groups is 1. The molecule has 4 rings (SSSR count). The summed E-state index contributed by atoms with van der Waals surface area (Å²) in [6, 6.07) is 12.0. The van der Waals surface area contributed by atoms with Crippen molar-refractivity contribution >= 4 is 16.5 Å². The van der Waals surface area contributed by atoms with Crippen LogP contribution < -0.4 is 0 Å². The van der Waals surface area contributed by atoms with Crippen molar-refractivity contribution in [1.82, 2.24) is 9.21 Å². The van der Waals surface area contributed by atoms with Gasteiger partial charge in [-0.2, -0.15) is 0 Å². The minimum atomic E-state index is -3.05. The maximum Gasteiger partial charge on any atom is 0.290 e. The van der Waals surface area contributed by atoms with Gasteiger partial charge in [0.2, 0.25) is 10.0 Å². The van der Waals surface area contributed by atoms with E-state index >= 15 is 0 Å². The predicted molar refractivity (Wildman–Crippen MR) is 110 cm³/mol. The van der Waals surface area contributed by atoms with E-state index < -0.39 is 10.0 Å². The molecule has 0 saturated carbocycles. The summed E-state index contributed by atoms with van der Waals surface area (Å²) in [5.74, 6) is 1.26. The van der Waals surface area contributed by atoms with Crippen LogP contribution in [0.5, 0.6) is 0 Å². The lowest BCUT2D eigenvalue weighted by atomic mass is 9.74. The molecule has 0 unspecified atom stereocenters. The summed E-state index contributed by atoms with van der Waals surface area (Å²) < 4.78 is 26.5. The van der Waals surface area contributed by atoms with Crippen LogP contribution in [0.4, 0.5) is 0 Å². The molecule has 0 spiro atoms. The Morgan fingerprint density at radius 1 is 1.14 bits per heavy atom. The Morgan fingerprint density at radius 2 is 1.86 bits per heavy atom. The molecule has 2 bridgehead atoms. The lowest BCUT2D eigenvalue weighted by Crippen LogP contribution is -2.62. The van der Waals surface area contributed by atoms with E-state index in [1.54, 1.807) is 11.2 Å². The lowest BCUT2D eigenvalue weighted by Gasteiger charge is -2.55. The summed E-state index contributed by atoms with van der Waals surface area (Å²) in [6.07, 6.45) is 6.15. The van der Waals surface area contributed by atoms with E-state index in [0.29, 0.717) is 23.9 Å². The molecule has 3 aliphatic heterocycles. The van der Waals surface area contributed by atoms with Crippen LogP contribution >= 0.6 is 0 Å². The highest BCUT2D eigenvalue weighted by Crippen LogP contribution is 2.40. The predicted octanol–water partition coefficient (Wildman–Crippen LogP) is 2.45. The van der Waals surface area contributed by atoms with Crippen molar-refractivity contribution in [1.29, 1.82) is 0 Å². The third-order valence-corrected chi connectivity index (χ3v) is 8.37. The second-order valence-electron chi connectivity index (χ2n) is 8.22. The van der Waals surface area contributed by atoms with Gasteiger partial charge in [-0.05, 0) is 50.0 Å². The van der Waals surface area contributed by atoms with Crippen LogP contribution in [0, 0.1) is 11.8 Å². The van der Waals surface area contributed by atoms with E-state index in [0.717, 1.165) is 26.1 Å². The number of sulfonamides is 1. The number of piperidine rings is 3. The van der Waals surface area contributed by atoms with Gasteiger partial charge in [-0.3, -0.25) is 9.69 Å². The quantitative estimate of drug-likeness (QED) is 0.775. The van der Waals surface area contributed by atoms with Crippen LogP contribution in [0.25, 0.3) is 0 Å². The molecule has 1 N–H and O–H groups in total. The molecule has 1 aromatic carbocycles. The monoisotopic (exact) mass is 408 g/mol. The summed E-state index contributed by atoms with van der Waals surface area (Å²) >= 11 is 0.